The molecule has 0 amide bonds. The molecule has 0 fully saturated rings. The van der Waals surface area contributed by atoms with E-state index in [-0.39, 0.29) is 12.6 Å². The maximum Gasteiger partial charge on any atom is 0.411 e. The Kier molecular flexibility index (Phi) is 4.24. The summed E-state index contributed by atoms with van der Waals surface area (Å²) in [5, 5.41) is 3.83. The maximum atomic E-state index is 11.9. The van der Waals surface area contributed by atoms with E-state index in [1.165, 1.54) is 11.3 Å². The molecule has 1 aromatic heterocycles. The monoisotopic (exact) mass is 280 g/mol. The SMILES string of the molecule is CNC1CCCc2nc(COCC(F)(F)F)sc21. The van der Waals surface area contributed by atoms with E-state index in [1.807, 2.05) is 7.05 Å². The predicted octanol–water partition coefficient (Wildman–Crippen LogP) is 2.82. The quantitative estimate of drug-likeness (QED) is 0.921. The largest absolute Gasteiger partial charge is 0.411 e. The number of halogens is 3. The van der Waals surface area contributed by atoms with E-state index in [4.69, 9.17) is 0 Å². The molecular formula is C11H15F3N2OS. The molecular weight excluding hydrogens is 265 g/mol. The van der Waals surface area contributed by atoms with Crippen molar-refractivity contribution in [3.63, 3.8) is 0 Å². The van der Waals surface area contributed by atoms with Crippen molar-refractivity contribution in [2.45, 2.75) is 38.1 Å². The molecule has 2 rings (SSSR count). The van der Waals surface area contributed by atoms with E-state index < -0.39 is 12.8 Å². The van der Waals surface area contributed by atoms with Gasteiger partial charge in [0.2, 0.25) is 0 Å². The molecule has 0 radical (unpaired) electrons. The smallest absolute Gasteiger partial charge is 0.365 e. The molecule has 0 saturated carbocycles. The summed E-state index contributed by atoms with van der Waals surface area (Å²) in [4.78, 5) is 5.50. The second-order valence-corrected chi connectivity index (χ2v) is 5.38. The lowest BCUT2D eigenvalue weighted by atomic mass is 9.98. The van der Waals surface area contributed by atoms with E-state index in [0.29, 0.717) is 5.01 Å². The summed E-state index contributed by atoms with van der Waals surface area (Å²) in [6.45, 7) is -1.28. The molecule has 7 heteroatoms. The van der Waals surface area contributed by atoms with Crippen molar-refractivity contribution < 1.29 is 17.9 Å². The van der Waals surface area contributed by atoms with Crippen molar-refractivity contribution in [3.05, 3.63) is 15.6 Å². The zero-order valence-electron chi connectivity index (χ0n) is 10.0. The molecule has 102 valence electrons. The molecule has 1 aliphatic rings. The third-order valence-corrected chi connectivity index (χ3v) is 4.02. The van der Waals surface area contributed by atoms with E-state index in [1.54, 1.807) is 0 Å². The summed E-state index contributed by atoms with van der Waals surface area (Å²) in [6.07, 6.45) is -1.26. The molecule has 0 saturated heterocycles. The van der Waals surface area contributed by atoms with Gasteiger partial charge in [-0.2, -0.15) is 13.2 Å². The van der Waals surface area contributed by atoms with Crippen molar-refractivity contribution in [2.24, 2.45) is 0 Å². The van der Waals surface area contributed by atoms with Crippen LogP contribution in [0, 0.1) is 0 Å². The summed E-state index contributed by atoms with van der Waals surface area (Å²) < 4.78 is 40.5. The Balaban J connectivity index is 1.97. The number of fused-ring (bicyclic) bond motifs is 1. The first-order chi connectivity index (χ1) is 8.49. The van der Waals surface area contributed by atoms with Gasteiger partial charge in [0.15, 0.2) is 0 Å². The molecule has 0 bridgehead atoms. The lowest BCUT2D eigenvalue weighted by molar-refractivity contribution is -0.176. The molecule has 1 heterocycles. The summed E-state index contributed by atoms with van der Waals surface area (Å²) in [7, 11) is 1.89. The van der Waals surface area contributed by atoms with Gasteiger partial charge in [0, 0.05) is 10.9 Å². The maximum absolute atomic E-state index is 11.9. The molecule has 0 spiro atoms. The molecule has 1 N–H and O–H groups in total. The van der Waals surface area contributed by atoms with Crippen LogP contribution in [0.4, 0.5) is 13.2 Å². The molecule has 1 aliphatic carbocycles. The average Bonchev–Trinajstić information content (AvgIpc) is 2.69. The van der Waals surface area contributed by atoms with Gasteiger partial charge in [-0.1, -0.05) is 0 Å². The van der Waals surface area contributed by atoms with Crippen molar-refractivity contribution >= 4 is 11.3 Å². The number of aryl methyl sites for hydroxylation is 1. The normalized spacial score (nSPS) is 19.9. The summed E-state index contributed by atoms with van der Waals surface area (Å²) in [6, 6.07) is 0.280. The van der Waals surface area contributed by atoms with Gasteiger partial charge in [-0.05, 0) is 26.3 Å². The minimum absolute atomic E-state index is 0.0619. The van der Waals surface area contributed by atoms with Gasteiger partial charge in [0.25, 0.3) is 0 Å². The number of alkyl halides is 3. The zero-order valence-corrected chi connectivity index (χ0v) is 10.8. The van der Waals surface area contributed by atoms with Crippen LogP contribution in [0.15, 0.2) is 0 Å². The Hall–Kier alpha value is -0.660. The predicted molar refractivity (Wildman–Crippen MR) is 62.6 cm³/mol. The molecule has 0 aliphatic heterocycles. The Bertz CT molecular complexity index is 405. The second-order valence-electron chi connectivity index (χ2n) is 4.26. The first kappa shape index (κ1) is 13.8. The van der Waals surface area contributed by atoms with Crippen molar-refractivity contribution in [1.82, 2.24) is 10.3 Å². The van der Waals surface area contributed by atoms with Crippen LogP contribution in [-0.4, -0.2) is 24.8 Å². The fourth-order valence-corrected chi connectivity index (χ4v) is 3.26. The van der Waals surface area contributed by atoms with Gasteiger partial charge >= 0.3 is 6.18 Å². The van der Waals surface area contributed by atoms with Crippen LogP contribution < -0.4 is 5.32 Å². The number of ether oxygens (including phenoxy) is 1. The third-order valence-electron chi connectivity index (χ3n) is 2.83. The van der Waals surface area contributed by atoms with E-state index in [0.717, 1.165) is 29.8 Å². The van der Waals surface area contributed by atoms with Gasteiger partial charge in [-0.25, -0.2) is 4.98 Å². The van der Waals surface area contributed by atoms with Gasteiger partial charge in [-0.3, -0.25) is 0 Å². The van der Waals surface area contributed by atoms with Gasteiger partial charge in [0.05, 0.1) is 12.3 Å². The highest BCUT2D eigenvalue weighted by Gasteiger charge is 2.28. The minimum Gasteiger partial charge on any atom is -0.365 e. The Labute approximate surface area is 107 Å². The molecule has 1 atom stereocenters. The number of thiazole rings is 1. The number of hydrogen-bond acceptors (Lipinski definition) is 4. The van der Waals surface area contributed by atoms with Crippen LogP contribution in [0.25, 0.3) is 0 Å². The highest BCUT2D eigenvalue weighted by molar-refractivity contribution is 7.11. The van der Waals surface area contributed by atoms with Crippen molar-refractivity contribution in [3.8, 4) is 0 Å². The van der Waals surface area contributed by atoms with Crippen molar-refractivity contribution in [2.75, 3.05) is 13.7 Å². The summed E-state index contributed by atoms with van der Waals surface area (Å²) >= 11 is 1.45. The lowest BCUT2D eigenvalue weighted by Gasteiger charge is -2.20. The molecule has 18 heavy (non-hydrogen) atoms. The fraction of sp³-hybridized carbons (Fsp3) is 0.727. The Morgan fingerprint density at radius 1 is 1.50 bits per heavy atom. The molecule has 3 nitrogen and oxygen atoms in total. The van der Waals surface area contributed by atoms with Crippen LogP contribution >= 0.6 is 11.3 Å². The van der Waals surface area contributed by atoms with Crippen LogP contribution in [0.1, 0.15) is 34.5 Å². The summed E-state index contributed by atoms with van der Waals surface area (Å²) in [5.74, 6) is 0. The topological polar surface area (TPSA) is 34.2 Å². The minimum atomic E-state index is -4.27. The van der Waals surface area contributed by atoms with Gasteiger partial charge in [0.1, 0.15) is 11.6 Å². The molecule has 0 aromatic carbocycles. The average molecular weight is 280 g/mol. The van der Waals surface area contributed by atoms with Crippen LogP contribution in [0.2, 0.25) is 0 Å². The number of aromatic nitrogens is 1. The van der Waals surface area contributed by atoms with E-state index in [9.17, 15) is 13.2 Å². The fourth-order valence-electron chi connectivity index (χ4n) is 2.06. The van der Waals surface area contributed by atoms with Gasteiger partial charge in [-0.15, -0.1) is 11.3 Å². The van der Waals surface area contributed by atoms with Gasteiger partial charge < -0.3 is 10.1 Å². The number of nitrogens with zero attached hydrogens (tertiary/aromatic N) is 1. The van der Waals surface area contributed by atoms with Crippen LogP contribution in [-0.2, 0) is 17.8 Å². The highest BCUT2D eigenvalue weighted by atomic mass is 32.1. The van der Waals surface area contributed by atoms with E-state index >= 15 is 0 Å². The Morgan fingerprint density at radius 3 is 2.94 bits per heavy atom. The standard InChI is InChI=1S/C11H15F3N2OS/c1-15-7-3-2-4-8-10(7)18-9(16-8)5-17-6-11(12,13)14/h7,15H,2-6H2,1H3. The van der Waals surface area contributed by atoms with Crippen LogP contribution in [0.3, 0.4) is 0 Å². The Morgan fingerprint density at radius 2 is 2.28 bits per heavy atom. The highest BCUT2D eigenvalue weighted by Crippen LogP contribution is 2.34. The number of rotatable bonds is 4. The van der Waals surface area contributed by atoms with Crippen molar-refractivity contribution in [1.29, 1.82) is 0 Å². The first-order valence-electron chi connectivity index (χ1n) is 5.80. The van der Waals surface area contributed by atoms with Crippen LogP contribution in [0.5, 0.6) is 0 Å². The summed E-state index contributed by atoms with van der Waals surface area (Å²) in [5.41, 5.74) is 1.01. The van der Waals surface area contributed by atoms with E-state index in [2.05, 4.69) is 15.0 Å². The zero-order chi connectivity index (χ0) is 13.2. The number of nitrogens with one attached hydrogen (secondary N) is 1. The lowest BCUT2D eigenvalue weighted by Crippen LogP contribution is -2.19. The second kappa shape index (κ2) is 5.54. The molecule has 1 unspecified atom stereocenters. The third kappa shape index (κ3) is 3.43. The first-order valence-corrected chi connectivity index (χ1v) is 6.61. The number of hydrogen-bond donors (Lipinski definition) is 1. The molecule has 1 aromatic rings.